The van der Waals surface area contributed by atoms with Crippen LogP contribution in [0.3, 0.4) is 0 Å². The number of aliphatic hydroxyl groups is 1. The molecule has 5 heteroatoms. The minimum atomic E-state index is -3.48. The molecule has 212 valence electrons. The Morgan fingerprint density at radius 2 is 1.14 bits per heavy atom. The van der Waals surface area contributed by atoms with Gasteiger partial charge in [0.05, 0.1) is 0 Å². The Morgan fingerprint density at radius 1 is 0.667 bits per heavy atom. The first kappa shape index (κ1) is 27.3. The fraction of sp³-hybridized carbons (Fsp3) is 0.243. The molecule has 1 N–H and O–H groups in total. The van der Waals surface area contributed by atoms with Crippen molar-refractivity contribution in [2.24, 2.45) is 0 Å². The lowest BCUT2D eigenvalue weighted by atomic mass is 9.89. The summed E-state index contributed by atoms with van der Waals surface area (Å²) in [4.78, 5) is 0. The fourth-order valence-corrected chi connectivity index (χ4v) is 10.5. The quantitative estimate of drug-likeness (QED) is 0.198. The molecule has 1 saturated carbocycles. The van der Waals surface area contributed by atoms with Gasteiger partial charge in [0.25, 0.3) is 0 Å². The summed E-state index contributed by atoms with van der Waals surface area (Å²) in [5.74, 6) is -1.12. The van der Waals surface area contributed by atoms with Crippen LogP contribution in [0.15, 0.2) is 121 Å². The van der Waals surface area contributed by atoms with Crippen molar-refractivity contribution >= 4 is 35.1 Å². The number of benzene rings is 5. The van der Waals surface area contributed by atoms with Gasteiger partial charge in [-0.2, -0.15) is 0 Å². The van der Waals surface area contributed by atoms with Crippen molar-refractivity contribution in [3.63, 3.8) is 0 Å². The standard InChI is InChI=1S/C37H37N2O2P/c40-37(25-24-28-12-2-1-3-13-28)42(41)38(26-31-18-10-16-29-14-4-6-20-33(29)31)35-22-8-9-23-36(35)39(42)27-32-19-11-17-30-15-5-7-21-34(30)32/h1-7,10-21,24-25,35-37,40H,8-9,22-23,26-27H2/b25-24+/t35-,36-,37?/m1/s1. The predicted octanol–water partition coefficient (Wildman–Crippen LogP) is 8.85. The Bertz CT molecular complexity index is 1670. The Hall–Kier alpha value is -3.53. The van der Waals surface area contributed by atoms with Gasteiger partial charge in [0, 0.05) is 25.2 Å². The van der Waals surface area contributed by atoms with E-state index >= 15 is 4.57 Å². The molecule has 7 rings (SSSR count). The molecule has 1 saturated heterocycles. The summed E-state index contributed by atoms with van der Waals surface area (Å²) in [7, 11) is -3.48. The minimum Gasteiger partial charge on any atom is -0.378 e. The van der Waals surface area contributed by atoms with Crippen LogP contribution in [0.4, 0.5) is 0 Å². The molecule has 3 atom stereocenters. The summed E-state index contributed by atoms with van der Waals surface area (Å²) in [5, 5.41) is 16.7. The third-order valence-electron chi connectivity index (χ3n) is 9.23. The molecule has 42 heavy (non-hydrogen) atoms. The maximum atomic E-state index is 15.8. The molecule has 2 aliphatic rings. The van der Waals surface area contributed by atoms with Crippen molar-refractivity contribution in [3.8, 4) is 0 Å². The van der Waals surface area contributed by atoms with Gasteiger partial charge in [-0.15, -0.1) is 0 Å². The van der Waals surface area contributed by atoms with E-state index in [-0.39, 0.29) is 12.1 Å². The molecule has 1 aliphatic carbocycles. The van der Waals surface area contributed by atoms with Crippen LogP contribution in [0.2, 0.25) is 0 Å². The fourth-order valence-electron chi connectivity index (χ4n) is 7.18. The molecular weight excluding hydrogens is 535 g/mol. The van der Waals surface area contributed by atoms with Crippen LogP contribution < -0.4 is 0 Å². The highest BCUT2D eigenvalue weighted by Gasteiger charge is 2.57. The molecule has 0 bridgehead atoms. The molecule has 5 aromatic carbocycles. The van der Waals surface area contributed by atoms with Gasteiger partial charge in [0.2, 0.25) is 7.44 Å². The van der Waals surface area contributed by atoms with Crippen molar-refractivity contribution in [1.29, 1.82) is 0 Å². The second-order valence-electron chi connectivity index (χ2n) is 11.7. The number of hydrogen-bond acceptors (Lipinski definition) is 2. The molecular formula is C37H37N2O2P. The first-order valence-electron chi connectivity index (χ1n) is 15.1. The molecule has 0 aromatic heterocycles. The van der Waals surface area contributed by atoms with Crippen LogP contribution in [0.1, 0.15) is 42.4 Å². The van der Waals surface area contributed by atoms with Crippen molar-refractivity contribution in [3.05, 3.63) is 138 Å². The summed E-state index contributed by atoms with van der Waals surface area (Å²) >= 11 is 0. The van der Waals surface area contributed by atoms with Crippen molar-refractivity contribution < 1.29 is 9.67 Å². The summed E-state index contributed by atoms with van der Waals surface area (Å²) in [6, 6.07) is 39.8. The zero-order valence-corrected chi connectivity index (χ0v) is 24.7. The summed E-state index contributed by atoms with van der Waals surface area (Å²) in [6.45, 7) is 1.09. The lowest BCUT2D eigenvalue weighted by Crippen LogP contribution is -2.39. The lowest BCUT2D eigenvalue weighted by Gasteiger charge is -2.35. The molecule has 1 heterocycles. The maximum absolute atomic E-state index is 15.8. The number of aliphatic hydroxyl groups excluding tert-OH is 1. The summed E-state index contributed by atoms with van der Waals surface area (Å²) in [6.07, 6.45) is 7.88. The van der Waals surface area contributed by atoms with Gasteiger partial charge in [0.15, 0.2) is 5.85 Å². The van der Waals surface area contributed by atoms with Crippen LogP contribution >= 0.6 is 7.44 Å². The van der Waals surface area contributed by atoms with Crippen molar-refractivity contribution in [1.82, 2.24) is 9.34 Å². The zero-order valence-electron chi connectivity index (χ0n) is 23.8. The molecule has 0 radical (unpaired) electrons. The van der Waals surface area contributed by atoms with Gasteiger partial charge < -0.3 is 5.11 Å². The molecule has 0 spiro atoms. The van der Waals surface area contributed by atoms with Gasteiger partial charge >= 0.3 is 0 Å². The van der Waals surface area contributed by atoms with E-state index < -0.39 is 13.3 Å². The van der Waals surface area contributed by atoms with Gasteiger partial charge in [-0.1, -0.05) is 134 Å². The van der Waals surface area contributed by atoms with E-state index in [1.54, 1.807) is 6.08 Å². The lowest BCUT2D eigenvalue weighted by molar-refractivity contribution is 0.198. The summed E-state index contributed by atoms with van der Waals surface area (Å²) in [5.41, 5.74) is 3.30. The van der Waals surface area contributed by atoms with Gasteiger partial charge in [-0.3, -0.25) is 4.57 Å². The van der Waals surface area contributed by atoms with Crippen molar-refractivity contribution in [2.45, 2.75) is 56.7 Å². The highest BCUT2D eigenvalue weighted by molar-refractivity contribution is 7.60. The molecule has 4 nitrogen and oxygen atoms in total. The first-order chi connectivity index (χ1) is 20.6. The van der Waals surface area contributed by atoms with Gasteiger partial charge in [0.1, 0.15) is 0 Å². The van der Waals surface area contributed by atoms with Crippen LogP contribution in [0.5, 0.6) is 0 Å². The second-order valence-corrected chi connectivity index (χ2v) is 14.4. The van der Waals surface area contributed by atoms with Gasteiger partial charge in [-0.05, 0) is 57.2 Å². The number of rotatable bonds is 7. The Labute approximate surface area is 248 Å². The zero-order chi connectivity index (χ0) is 28.5. The predicted molar refractivity (Wildman–Crippen MR) is 174 cm³/mol. The largest absolute Gasteiger partial charge is 0.378 e. The SMILES string of the molecule is O=P1(C(O)/C=C/c2ccccc2)N(Cc2cccc3ccccc23)[C@@H]2CCCC[C@H]2N1Cc1cccc2ccccc12. The van der Waals surface area contributed by atoms with E-state index in [4.69, 9.17) is 0 Å². The maximum Gasteiger partial charge on any atom is 0.249 e. The Morgan fingerprint density at radius 3 is 1.69 bits per heavy atom. The van der Waals surface area contributed by atoms with Crippen molar-refractivity contribution in [2.75, 3.05) is 0 Å². The molecule has 0 amide bonds. The average Bonchev–Trinajstić information content (AvgIpc) is 3.28. The minimum absolute atomic E-state index is 0.123. The Balaban J connectivity index is 1.34. The van der Waals surface area contributed by atoms with E-state index in [2.05, 4.69) is 94.3 Å². The van der Waals surface area contributed by atoms with E-state index in [0.29, 0.717) is 13.1 Å². The third kappa shape index (κ3) is 4.93. The van der Waals surface area contributed by atoms with Crippen LogP contribution in [-0.4, -0.2) is 32.4 Å². The smallest absolute Gasteiger partial charge is 0.249 e. The summed E-state index contributed by atoms with van der Waals surface area (Å²) < 4.78 is 20.2. The number of fused-ring (bicyclic) bond motifs is 3. The van der Waals surface area contributed by atoms with Crippen LogP contribution in [0.25, 0.3) is 27.6 Å². The third-order valence-corrected chi connectivity index (χ3v) is 12.4. The molecule has 5 aromatic rings. The normalized spacial score (nSPS) is 21.6. The topological polar surface area (TPSA) is 43.8 Å². The first-order valence-corrected chi connectivity index (χ1v) is 16.8. The second kappa shape index (κ2) is 11.6. The molecule has 1 aliphatic heterocycles. The monoisotopic (exact) mass is 572 g/mol. The molecule has 2 fully saturated rings. The Kier molecular flexibility index (Phi) is 7.56. The van der Waals surface area contributed by atoms with E-state index in [9.17, 15) is 5.11 Å². The highest BCUT2D eigenvalue weighted by atomic mass is 31.2. The van der Waals surface area contributed by atoms with E-state index in [1.807, 2.05) is 36.4 Å². The van der Waals surface area contributed by atoms with E-state index in [0.717, 1.165) is 42.4 Å². The van der Waals surface area contributed by atoms with Crippen LogP contribution in [-0.2, 0) is 17.7 Å². The number of hydrogen-bond donors (Lipinski definition) is 1. The average molecular weight is 573 g/mol. The molecule has 1 unspecified atom stereocenters. The van der Waals surface area contributed by atoms with E-state index in [1.165, 1.54) is 21.5 Å². The van der Waals surface area contributed by atoms with Crippen LogP contribution in [0, 0.1) is 0 Å². The number of nitrogens with zero attached hydrogens (tertiary/aromatic N) is 2. The highest BCUT2D eigenvalue weighted by Crippen LogP contribution is 2.67. The van der Waals surface area contributed by atoms with Gasteiger partial charge in [-0.25, -0.2) is 9.34 Å².